The first-order valence-corrected chi connectivity index (χ1v) is 11.2. The standard InChI is InChI=1S/C24H23Cl2NO4/c1-2-31-17-11-12-19(26)18(13-17)22(28)20-21(14-7-9-15(25)10-8-14)27(24(30)23(20)29)16-5-3-4-6-16/h7-13,16,21,28H,2-6H2,1H3/b22-20+. The van der Waals surface area contributed by atoms with Crippen LogP contribution in [-0.2, 0) is 9.59 Å². The van der Waals surface area contributed by atoms with E-state index in [4.69, 9.17) is 27.9 Å². The van der Waals surface area contributed by atoms with Crippen LogP contribution in [0.2, 0.25) is 10.0 Å². The van der Waals surface area contributed by atoms with Crippen LogP contribution in [0.3, 0.4) is 0 Å². The maximum Gasteiger partial charge on any atom is 0.295 e. The number of nitrogens with zero attached hydrogens (tertiary/aromatic N) is 1. The van der Waals surface area contributed by atoms with E-state index in [1.54, 1.807) is 47.4 Å². The van der Waals surface area contributed by atoms with Crippen molar-refractivity contribution < 1.29 is 19.4 Å². The molecule has 31 heavy (non-hydrogen) atoms. The topological polar surface area (TPSA) is 66.8 Å². The van der Waals surface area contributed by atoms with Crippen molar-refractivity contribution in [3.05, 3.63) is 69.2 Å². The number of ether oxygens (including phenoxy) is 1. The van der Waals surface area contributed by atoms with Crippen molar-refractivity contribution in [3.63, 3.8) is 0 Å². The summed E-state index contributed by atoms with van der Waals surface area (Å²) in [6, 6.07) is 11.1. The molecule has 1 saturated carbocycles. The zero-order chi connectivity index (χ0) is 22.1. The molecule has 2 fully saturated rings. The molecular weight excluding hydrogens is 437 g/mol. The Balaban J connectivity index is 1.89. The Labute approximate surface area is 191 Å². The Hall–Kier alpha value is -2.50. The van der Waals surface area contributed by atoms with Gasteiger partial charge in [0.1, 0.15) is 11.5 Å². The fourth-order valence-electron chi connectivity index (χ4n) is 4.47. The van der Waals surface area contributed by atoms with E-state index in [0.29, 0.717) is 22.9 Å². The lowest BCUT2D eigenvalue weighted by Crippen LogP contribution is -2.37. The van der Waals surface area contributed by atoms with Crippen molar-refractivity contribution in [3.8, 4) is 5.75 Å². The number of likely N-dealkylation sites (tertiary alicyclic amines) is 1. The van der Waals surface area contributed by atoms with Gasteiger partial charge in [-0.15, -0.1) is 0 Å². The minimum atomic E-state index is -0.706. The van der Waals surface area contributed by atoms with E-state index in [1.165, 1.54) is 0 Å². The van der Waals surface area contributed by atoms with Crippen molar-refractivity contribution >= 4 is 40.7 Å². The third-order valence-corrected chi connectivity index (χ3v) is 6.47. The predicted octanol–water partition coefficient (Wildman–Crippen LogP) is 5.76. The molecule has 2 aromatic carbocycles. The molecule has 1 atom stereocenters. The Bertz CT molecular complexity index is 1040. The van der Waals surface area contributed by atoms with Gasteiger partial charge in [0.15, 0.2) is 0 Å². The highest BCUT2D eigenvalue weighted by molar-refractivity contribution is 6.47. The summed E-state index contributed by atoms with van der Waals surface area (Å²) in [6.45, 7) is 2.29. The summed E-state index contributed by atoms with van der Waals surface area (Å²) in [7, 11) is 0. The quantitative estimate of drug-likeness (QED) is 0.350. The summed E-state index contributed by atoms with van der Waals surface area (Å²) in [5.41, 5.74) is 1.01. The number of benzene rings is 2. The molecule has 1 aliphatic carbocycles. The maximum absolute atomic E-state index is 13.2. The smallest absolute Gasteiger partial charge is 0.295 e. The van der Waals surface area contributed by atoms with Crippen molar-refractivity contribution in [1.29, 1.82) is 0 Å². The van der Waals surface area contributed by atoms with Crippen molar-refractivity contribution in [2.24, 2.45) is 0 Å². The number of carbonyl (C=O) groups excluding carboxylic acids is 2. The van der Waals surface area contributed by atoms with E-state index in [2.05, 4.69) is 0 Å². The lowest BCUT2D eigenvalue weighted by molar-refractivity contribution is -0.141. The number of aliphatic hydroxyl groups excluding tert-OH is 1. The minimum absolute atomic E-state index is 0.0368. The maximum atomic E-state index is 13.2. The monoisotopic (exact) mass is 459 g/mol. The van der Waals surface area contributed by atoms with Crippen LogP contribution in [0, 0.1) is 0 Å². The van der Waals surface area contributed by atoms with Gasteiger partial charge in [0.05, 0.1) is 23.2 Å². The minimum Gasteiger partial charge on any atom is -0.507 e. The molecule has 5 nitrogen and oxygen atoms in total. The number of ketones is 1. The summed E-state index contributed by atoms with van der Waals surface area (Å²) in [5.74, 6) is -1.08. The number of Topliss-reactive ketones (excluding diaryl/α,β-unsaturated/α-hetero) is 1. The van der Waals surface area contributed by atoms with E-state index in [1.807, 2.05) is 6.92 Å². The number of carbonyl (C=O) groups is 2. The van der Waals surface area contributed by atoms with E-state index in [-0.39, 0.29) is 28.0 Å². The van der Waals surface area contributed by atoms with Gasteiger partial charge in [0, 0.05) is 16.6 Å². The fraction of sp³-hybridized carbons (Fsp3) is 0.333. The highest BCUT2D eigenvalue weighted by Gasteiger charge is 2.49. The fourth-order valence-corrected chi connectivity index (χ4v) is 4.80. The number of amides is 1. The van der Waals surface area contributed by atoms with Crippen molar-refractivity contribution in [2.75, 3.05) is 6.61 Å². The van der Waals surface area contributed by atoms with Gasteiger partial charge in [-0.2, -0.15) is 0 Å². The van der Waals surface area contributed by atoms with Crippen LogP contribution in [0.1, 0.15) is 49.8 Å². The molecule has 1 unspecified atom stereocenters. The first kappa shape index (κ1) is 21.7. The van der Waals surface area contributed by atoms with Crippen LogP contribution in [-0.4, -0.2) is 34.3 Å². The lowest BCUT2D eigenvalue weighted by Gasteiger charge is -2.30. The van der Waals surface area contributed by atoms with E-state index in [9.17, 15) is 14.7 Å². The number of rotatable bonds is 5. The van der Waals surface area contributed by atoms with E-state index < -0.39 is 17.7 Å². The zero-order valence-corrected chi connectivity index (χ0v) is 18.6. The molecule has 162 valence electrons. The molecule has 0 spiro atoms. The highest BCUT2D eigenvalue weighted by Crippen LogP contribution is 2.44. The molecule has 1 aliphatic heterocycles. The molecule has 1 N–H and O–H groups in total. The number of halogens is 2. The molecule has 1 heterocycles. The molecule has 2 aromatic rings. The first-order chi connectivity index (χ1) is 14.9. The van der Waals surface area contributed by atoms with Crippen molar-refractivity contribution in [1.82, 2.24) is 4.90 Å². The Kier molecular flexibility index (Phi) is 6.26. The molecule has 1 amide bonds. The highest BCUT2D eigenvalue weighted by atomic mass is 35.5. The summed E-state index contributed by atoms with van der Waals surface area (Å²) >= 11 is 12.4. The van der Waals surface area contributed by atoms with Gasteiger partial charge in [-0.3, -0.25) is 9.59 Å². The van der Waals surface area contributed by atoms with E-state index in [0.717, 1.165) is 25.7 Å². The third kappa shape index (κ3) is 4.04. The van der Waals surface area contributed by atoms with Crippen LogP contribution in [0.15, 0.2) is 48.0 Å². The summed E-state index contributed by atoms with van der Waals surface area (Å²) in [4.78, 5) is 27.9. The second kappa shape index (κ2) is 8.93. The van der Waals surface area contributed by atoms with Gasteiger partial charge in [-0.25, -0.2) is 0 Å². The normalized spacial score (nSPS) is 21.1. The average molecular weight is 460 g/mol. The summed E-state index contributed by atoms with van der Waals surface area (Å²) in [6.07, 6.45) is 3.67. The van der Waals surface area contributed by atoms with Gasteiger partial charge in [0.25, 0.3) is 11.7 Å². The average Bonchev–Trinajstić information content (AvgIpc) is 3.37. The largest absolute Gasteiger partial charge is 0.507 e. The second-order valence-corrected chi connectivity index (χ2v) is 8.61. The molecular formula is C24H23Cl2NO4. The number of hydrogen-bond acceptors (Lipinski definition) is 4. The number of hydrogen-bond donors (Lipinski definition) is 1. The molecule has 0 radical (unpaired) electrons. The first-order valence-electron chi connectivity index (χ1n) is 10.4. The van der Waals surface area contributed by atoms with Crippen molar-refractivity contribution in [2.45, 2.75) is 44.7 Å². The molecule has 4 rings (SSSR count). The van der Waals surface area contributed by atoms with Gasteiger partial charge >= 0.3 is 0 Å². The van der Waals surface area contributed by atoms with Gasteiger partial charge < -0.3 is 14.7 Å². The van der Waals surface area contributed by atoms with Gasteiger partial charge in [0.2, 0.25) is 0 Å². The van der Waals surface area contributed by atoms with Crippen LogP contribution >= 0.6 is 23.2 Å². The van der Waals surface area contributed by atoms with Crippen LogP contribution in [0.25, 0.3) is 5.76 Å². The Morgan fingerprint density at radius 3 is 2.42 bits per heavy atom. The molecule has 0 bridgehead atoms. The van der Waals surface area contributed by atoms with Crippen LogP contribution in [0.5, 0.6) is 5.75 Å². The van der Waals surface area contributed by atoms with Gasteiger partial charge in [-0.05, 0) is 55.7 Å². The lowest BCUT2D eigenvalue weighted by atomic mass is 9.94. The van der Waals surface area contributed by atoms with Gasteiger partial charge in [-0.1, -0.05) is 48.2 Å². The SMILES string of the molecule is CCOc1ccc(Cl)c(/C(O)=C2\C(=O)C(=O)N(C3CCCC3)C2c2ccc(Cl)cc2)c1. The van der Waals surface area contributed by atoms with E-state index >= 15 is 0 Å². The summed E-state index contributed by atoms with van der Waals surface area (Å²) < 4.78 is 5.52. The summed E-state index contributed by atoms with van der Waals surface area (Å²) in [5, 5.41) is 12.1. The van der Waals surface area contributed by atoms with Crippen LogP contribution in [0.4, 0.5) is 0 Å². The molecule has 0 aromatic heterocycles. The Morgan fingerprint density at radius 1 is 1.10 bits per heavy atom. The third-order valence-electron chi connectivity index (χ3n) is 5.89. The molecule has 7 heteroatoms. The second-order valence-electron chi connectivity index (χ2n) is 7.77. The predicted molar refractivity (Wildman–Crippen MR) is 120 cm³/mol. The zero-order valence-electron chi connectivity index (χ0n) is 17.1. The molecule has 2 aliphatic rings. The van der Waals surface area contributed by atoms with Crippen LogP contribution < -0.4 is 4.74 Å². The number of aliphatic hydroxyl groups is 1. The molecule has 1 saturated heterocycles. The Morgan fingerprint density at radius 2 is 1.77 bits per heavy atom.